The zero-order valence-corrected chi connectivity index (χ0v) is 15.1. The number of aromatic nitrogens is 2. The number of halogens is 1. The van der Waals surface area contributed by atoms with Gasteiger partial charge in [0.2, 0.25) is 6.79 Å². The third kappa shape index (κ3) is 3.93. The molecule has 8 heteroatoms. The van der Waals surface area contributed by atoms with E-state index >= 15 is 0 Å². The minimum atomic E-state index is -0.350. The number of aryl methyl sites for hydroxylation is 1. The van der Waals surface area contributed by atoms with E-state index in [1.165, 1.54) is 0 Å². The molecule has 0 saturated heterocycles. The first-order valence-electron chi connectivity index (χ1n) is 8.16. The SMILES string of the molecule is Cc1nc(Nc2ccc3c(c2)OCO3)cc(C(=O)Nc2cccc(Cl)c2)n1. The monoisotopic (exact) mass is 382 g/mol. The Bertz CT molecular complexity index is 1030. The van der Waals surface area contributed by atoms with Crippen molar-refractivity contribution >= 4 is 34.7 Å². The molecule has 0 bridgehead atoms. The first-order chi connectivity index (χ1) is 13.1. The van der Waals surface area contributed by atoms with Crippen molar-refractivity contribution in [2.24, 2.45) is 0 Å². The Hall–Kier alpha value is -3.32. The van der Waals surface area contributed by atoms with Gasteiger partial charge in [0.15, 0.2) is 11.5 Å². The number of ether oxygens (including phenoxy) is 2. The largest absolute Gasteiger partial charge is 0.454 e. The second kappa shape index (κ2) is 7.13. The van der Waals surface area contributed by atoms with Gasteiger partial charge in [-0.1, -0.05) is 17.7 Å². The van der Waals surface area contributed by atoms with Gasteiger partial charge in [-0.25, -0.2) is 9.97 Å². The molecule has 7 nitrogen and oxygen atoms in total. The molecule has 2 aromatic carbocycles. The fourth-order valence-corrected chi connectivity index (χ4v) is 2.82. The van der Waals surface area contributed by atoms with Gasteiger partial charge in [0.25, 0.3) is 5.91 Å². The average molecular weight is 383 g/mol. The number of hydrogen-bond donors (Lipinski definition) is 2. The van der Waals surface area contributed by atoms with Crippen LogP contribution in [0.4, 0.5) is 17.2 Å². The van der Waals surface area contributed by atoms with E-state index in [1.807, 2.05) is 18.2 Å². The molecule has 0 aliphatic carbocycles. The highest BCUT2D eigenvalue weighted by Gasteiger charge is 2.15. The topological polar surface area (TPSA) is 85.4 Å². The minimum Gasteiger partial charge on any atom is -0.454 e. The lowest BCUT2D eigenvalue weighted by Crippen LogP contribution is -2.15. The molecule has 0 unspecified atom stereocenters. The van der Waals surface area contributed by atoms with Crippen LogP contribution < -0.4 is 20.1 Å². The van der Waals surface area contributed by atoms with E-state index in [2.05, 4.69) is 20.6 Å². The van der Waals surface area contributed by atoms with Crippen molar-refractivity contribution in [1.82, 2.24) is 9.97 Å². The molecular formula is C19H15ClN4O3. The number of carbonyl (C=O) groups excluding carboxylic acids is 1. The van der Waals surface area contributed by atoms with Gasteiger partial charge in [0.05, 0.1) is 0 Å². The number of carbonyl (C=O) groups is 1. The number of amides is 1. The van der Waals surface area contributed by atoms with Crippen LogP contribution in [0.5, 0.6) is 11.5 Å². The molecule has 1 amide bonds. The third-order valence-corrected chi connectivity index (χ3v) is 4.03. The molecule has 0 fully saturated rings. The van der Waals surface area contributed by atoms with Crippen molar-refractivity contribution in [3.05, 3.63) is 65.1 Å². The standard InChI is InChI=1S/C19H15ClN4O3/c1-11-21-15(19(25)24-13-4-2-3-12(20)7-13)9-18(22-11)23-14-5-6-16-17(8-14)27-10-26-16/h2-9H,10H2,1H3,(H,24,25)(H,21,22,23). The van der Waals surface area contributed by atoms with Gasteiger partial charge < -0.3 is 20.1 Å². The summed E-state index contributed by atoms with van der Waals surface area (Å²) in [5.41, 5.74) is 1.60. The second-order valence-corrected chi connectivity index (χ2v) is 6.28. The van der Waals surface area contributed by atoms with Gasteiger partial charge in [-0.3, -0.25) is 4.79 Å². The molecular weight excluding hydrogens is 368 g/mol. The highest BCUT2D eigenvalue weighted by molar-refractivity contribution is 6.30. The summed E-state index contributed by atoms with van der Waals surface area (Å²) in [7, 11) is 0. The maximum Gasteiger partial charge on any atom is 0.274 e. The van der Waals surface area contributed by atoms with E-state index in [9.17, 15) is 4.79 Å². The lowest BCUT2D eigenvalue weighted by atomic mass is 10.2. The molecule has 2 heterocycles. The van der Waals surface area contributed by atoms with E-state index in [0.29, 0.717) is 33.9 Å². The summed E-state index contributed by atoms with van der Waals surface area (Å²) in [6.45, 7) is 1.93. The molecule has 3 aromatic rings. The van der Waals surface area contributed by atoms with Crippen molar-refractivity contribution in [3.8, 4) is 11.5 Å². The molecule has 136 valence electrons. The second-order valence-electron chi connectivity index (χ2n) is 5.84. The van der Waals surface area contributed by atoms with Gasteiger partial charge in [-0.15, -0.1) is 0 Å². The summed E-state index contributed by atoms with van der Waals surface area (Å²) in [6, 6.07) is 14.0. The van der Waals surface area contributed by atoms with Crippen LogP contribution in [0.25, 0.3) is 0 Å². The number of anilines is 3. The van der Waals surface area contributed by atoms with Gasteiger partial charge in [-0.2, -0.15) is 0 Å². The fraction of sp³-hybridized carbons (Fsp3) is 0.105. The lowest BCUT2D eigenvalue weighted by molar-refractivity contribution is 0.102. The van der Waals surface area contributed by atoms with E-state index in [0.717, 1.165) is 5.69 Å². The summed E-state index contributed by atoms with van der Waals surface area (Å²) in [6.07, 6.45) is 0. The van der Waals surface area contributed by atoms with Crippen LogP contribution in [0.3, 0.4) is 0 Å². The predicted octanol–water partition coefficient (Wildman–Crippen LogP) is 4.16. The van der Waals surface area contributed by atoms with Crippen LogP contribution in [0.1, 0.15) is 16.3 Å². The highest BCUT2D eigenvalue weighted by atomic mass is 35.5. The van der Waals surface area contributed by atoms with Crippen molar-refractivity contribution < 1.29 is 14.3 Å². The van der Waals surface area contributed by atoms with Crippen molar-refractivity contribution in [1.29, 1.82) is 0 Å². The number of benzene rings is 2. The third-order valence-electron chi connectivity index (χ3n) is 3.80. The quantitative estimate of drug-likeness (QED) is 0.704. The minimum absolute atomic E-state index is 0.208. The van der Waals surface area contributed by atoms with Gasteiger partial charge in [0, 0.05) is 28.5 Å². The van der Waals surface area contributed by atoms with E-state index in [1.54, 1.807) is 37.3 Å². The smallest absolute Gasteiger partial charge is 0.274 e. The van der Waals surface area contributed by atoms with Gasteiger partial charge in [-0.05, 0) is 37.3 Å². The van der Waals surface area contributed by atoms with E-state index in [-0.39, 0.29) is 18.4 Å². The zero-order chi connectivity index (χ0) is 18.8. The summed E-state index contributed by atoms with van der Waals surface area (Å²) in [5, 5.41) is 6.47. The summed E-state index contributed by atoms with van der Waals surface area (Å²) in [4.78, 5) is 21.1. The Labute approximate surface area is 160 Å². The Balaban J connectivity index is 1.55. The number of nitrogens with zero attached hydrogens (tertiary/aromatic N) is 2. The van der Waals surface area contributed by atoms with Crippen molar-refractivity contribution in [3.63, 3.8) is 0 Å². The van der Waals surface area contributed by atoms with Gasteiger partial charge in [0.1, 0.15) is 17.3 Å². The lowest BCUT2D eigenvalue weighted by Gasteiger charge is -2.10. The van der Waals surface area contributed by atoms with Crippen LogP contribution in [-0.2, 0) is 0 Å². The molecule has 0 saturated carbocycles. The Morgan fingerprint density at radius 1 is 1.04 bits per heavy atom. The number of hydrogen-bond acceptors (Lipinski definition) is 6. The maximum atomic E-state index is 12.5. The Morgan fingerprint density at radius 2 is 1.89 bits per heavy atom. The molecule has 0 atom stereocenters. The molecule has 4 rings (SSSR count). The first-order valence-corrected chi connectivity index (χ1v) is 8.54. The van der Waals surface area contributed by atoms with E-state index in [4.69, 9.17) is 21.1 Å². The zero-order valence-electron chi connectivity index (χ0n) is 14.3. The van der Waals surface area contributed by atoms with Crippen molar-refractivity contribution in [2.45, 2.75) is 6.92 Å². The molecule has 2 N–H and O–H groups in total. The number of rotatable bonds is 4. The Kier molecular flexibility index (Phi) is 4.52. The first kappa shape index (κ1) is 17.1. The van der Waals surface area contributed by atoms with Gasteiger partial charge >= 0.3 is 0 Å². The fourth-order valence-electron chi connectivity index (χ4n) is 2.63. The van der Waals surface area contributed by atoms with Crippen LogP contribution in [-0.4, -0.2) is 22.7 Å². The molecule has 27 heavy (non-hydrogen) atoms. The summed E-state index contributed by atoms with van der Waals surface area (Å²) in [5.74, 6) is 1.97. The average Bonchev–Trinajstić information content (AvgIpc) is 3.09. The Morgan fingerprint density at radius 3 is 2.74 bits per heavy atom. The van der Waals surface area contributed by atoms with E-state index < -0.39 is 0 Å². The molecule has 1 aliphatic rings. The number of fused-ring (bicyclic) bond motifs is 1. The molecule has 0 radical (unpaired) electrons. The molecule has 0 spiro atoms. The van der Waals surface area contributed by atoms with Crippen molar-refractivity contribution in [2.75, 3.05) is 17.4 Å². The summed E-state index contributed by atoms with van der Waals surface area (Å²) < 4.78 is 10.7. The van der Waals surface area contributed by atoms with Crippen LogP contribution in [0, 0.1) is 6.92 Å². The molecule has 1 aromatic heterocycles. The normalized spacial score (nSPS) is 11.9. The van der Waals surface area contributed by atoms with Crippen LogP contribution >= 0.6 is 11.6 Å². The maximum absolute atomic E-state index is 12.5. The summed E-state index contributed by atoms with van der Waals surface area (Å²) >= 11 is 5.95. The predicted molar refractivity (Wildman–Crippen MR) is 102 cm³/mol. The number of nitrogens with one attached hydrogen (secondary N) is 2. The van der Waals surface area contributed by atoms with Crippen LogP contribution in [0.2, 0.25) is 5.02 Å². The van der Waals surface area contributed by atoms with Crippen LogP contribution in [0.15, 0.2) is 48.5 Å². The highest BCUT2D eigenvalue weighted by Crippen LogP contribution is 2.35. The molecule has 1 aliphatic heterocycles.